The number of hydrogen-bond donors (Lipinski definition) is 0. The lowest BCUT2D eigenvalue weighted by Crippen LogP contribution is -2.15. The van der Waals surface area contributed by atoms with Crippen LogP contribution in [0, 0.1) is 0 Å². The second-order valence-corrected chi connectivity index (χ2v) is 2.73. The van der Waals surface area contributed by atoms with Crippen LogP contribution in [0.15, 0.2) is 24.5 Å². The highest BCUT2D eigenvalue weighted by atomic mass is 35.5. The summed E-state index contributed by atoms with van der Waals surface area (Å²) in [4.78, 5) is 6.01. The standard InChI is InChI=1S/C8H11ClN2/c1-11(7-9)6-8-3-2-4-10-5-8/h2-5H,6-7H2,1H3. The van der Waals surface area contributed by atoms with Crippen LogP contribution in [-0.2, 0) is 6.54 Å². The Labute approximate surface area is 71.8 Å². The number of hydrogen-bond acceptors (Lipinski definition) is 2. The minimum absolute atomic E-state index is 0.550. The molecule has 0 amide bonds. The highest BCUT2D eigenvalue weighted by Crippen LogP contribution is 2.00. The molecule has 0 aliphatic rings. The lowest BCUT2D eigenvalue weighted by molar-refractivity contribution is 0.382. The Morgan fingerprint density at radius 3 is 3.00 bits per heavy atom. The molecule has 1 rings (SSSR count). The first-order valence-corrected chi connectivity index (χ1v) is 4.00. The topological polar surface area (TPSA) is 16.1 Å². The van der Waals surface area contributed by atoms with E-state index in [1.165, 1.54) is 5.56 Å². The van der Waals surface area contributed by atoms with Crippen LogP contribution < -0.4 is 0 Å². The fraction of sp³-hybridized carbons (Fsp3) is 0.375. The van der Waals surface area contributed by atoms with Crippen LogP contribution in [0.1, 0.15) is 5.56 Å². The molecule has 0 spiro atoms. The van der Waals surface area contributed by atoms with Crippen LogP contribution in [0.5, 0.6) is 0 Å². The van der Waals surface area contributed by atoms with Gasteiger partial charge in [0.1, 0.15) is 0 Å². The minimum atomic E-state index is 0.550. The van der Waals surface area contributed by atoms with Crippen molar-refractivity contribution >= 4 is 11.6 Å². The summed E-state index contributed by atoms with van der Waals surface area (Å²) >= 11 is 5.61. The van der Waals surface area contributed by atoms with Gasteiger partial charge >= 0.3 is 0 Å². The average Bonchev–Trinajstić information content (AvgIpc) is 2.06. The first-order valence-electron chi connectivity index (χ1n) is 3.46. The SMILES string of the molecule is CN(CCl)Cc1cccnc1. The third-order valence-corrected chi connectivity index (χ3v) is 1.79. The number of rotatable bonds is 3. The summed E-state index contributed by atoms with van der Waals surface area (Å²) in [5.41, 5.74) is 1.19. The van der Waals surface area contributed by atoms with Gasteiger partial charge in [-0.3, -0.25) is 9.88 Å². The third kappa shape index (κ3) is 2.87. The molecule has 0 atom stereocenters. The molecule has 2 nitrogen and oxygen atoms in total. The van der Waals surface area contributed by atoms with Crippen molar-refractivity contribution in [2.45, 2.75) is 6.54 Å². The summed E-state index contributed by atoms with van der Waals surface area (Å²) in [6.07, 6.45) is 3.62. The van der Waals surface area contributed by atoms with Gasteiger partial charge in [0.25, 0.3) is 0 Å². The van der Waals surface area contributed by atoms with E-state index in [0.717, 1.165) is 6.54 Å². The van der Waals surface area contributed by atoms with Crippen molar-refractivity contribution < 1.29 is 0 Å². The van der Waals surface area contributed by atoms with Crippen molar-refractivity contribution in [2.24, 2.45) is 0 Å². The van der Waals surface area contributed by atoms with Gasteiger partial charge in [-0.2, -0.15) is 0 Å². The molecule has 1 aromatic rings. The first-order chi connectivity index (χ1) is 5.33. The molecule has 1 aromatic heterocycles. The van der Waals surface area contributed by atoms with Gasteiger partial charge in [0.05, 0.1) is 6.00 Å². The number of aromatic nitrogens is 1. The lowest BCUT2D eigenvalue weighted by atomic mass is 10.3. The molecule has 0 fully saturated rings. The molecule has 1 heterocycles. The van der Waals surface area contributed by atoms with E-state index in [0.29, 0.717) is 6.00 Å². The van der Waals surface area contributed by atoms with Gasteiger partial charge in [-0.1, -0.05) is 6.07 Å². The Balaban J connectivity index is 2.51. The molecule has 11 heavy (non-hydrogen) atoms. The van der Waals surface area contributed by atoms with Crippen molar-refractivity contribution in [1.29, 1.82) is 0 Å². The van der Waals surface area contributed by atoms with E-state index in [9.17, 15) is 0 Å². The lowest BCUT2D eigenvalue weighted by Gasteiger charge is -2.11. The van der Waals surface area contributed by atoms with Crippen molar-refractivity contribution in [3.05, 3.63) is 30.1 Å². The zero-order chi connectivity index (χ0) is 8.10. The van der Waals surface area contributed by atoms with Crippen LogP contribution in [0.25, 0.3) is 0 Å². The largest absolute Gasteiger partial charge is 0.289 e. The van der Waals surface area contributed by atoms with Crippen LogP contribution in [0.2, 0.25) is 0 Å². The highest BCUT2D eigenvalue weighted by Gasteiger charge is 1.96. The smallest absolute Gasteiger partial charge is 0.0738 e. The number of pyridine rings is 1. The fourth-order valence-electron chi connectivity index (χ4n) is 0.846. The molecule has 0 bridgehead atoms. The normalized spacial score (nSPS) is 10.5. The van der Waals surface area contributed by atoms with Gasteiger partial charge in [0, 0.05) is 18.9 Å². The first kappa shape index (κ1) is 8.50. The Morgan fingerprint density at radius 2 is 2.45 bits per heavy atom. The maximum Gasteiger partial charge on any atom is 0.0738 e. The summed E-state index contributed by atoms with van der Waals surface area (Å²) in [6.45, 7) is 0.858. The van der Waals surface area contributed by atoms with Crippen LogP contribution in [0.4, 0.5) is 0 Å². The summed E-state index contributed by atoms with van der Waals surface area (Å²) in [5, 5.41) is 0. The minimum Gasteiger partial charge on any atom is -0.289 e. The van der Waals surface area contributed by atoms with E-state index < -0.39 is 0 Å². The van der Waals surface area contributed by atoms with Gasteiger partial charge in [-0.05, 0) is 18.7 Å². The molecule has 0 saturated carbocycles. The summed E-state index contributed by atoms with van der Waals surface area (Å²) in [7, 11) is 1.97. The molecule has 0 N–H and O–H groups in total. The van der Waals surface area contributed by atoms with Gasteiger partial charge in [0.15, 0.2) is 0 Å². The molecular weight excluding hydrogens is 160 g/mol. The van der Waals surface area contributed by atoms with Gasteiger partial charge < -0.3 is 0 Å². The number of nitrogens with zero attached hydrogens (tertiary/aromatic N) is 2. The molecule has 0 saturated heterocycles. The second kappa shape index (κ2) is 4.31. The van der Waals surface area contributed by atoms with Crippen molar-refractivity contribution in [2.75, 3.05) is 13.1 Å². The molecule has 60 valence electrons. The Kier molecular flexibility index (Phi) is 3.33. The maximum absolute atomic E-state index is 5.61. The summed E-state index contributed by atoms with van der Waals surface area (Å²) in [6, 6.07) is 4.52. The van der Waals surface area contributed by atoms with E-state index in [1.54, 1.807) is 6.20 Å². The maximum atomic E-state index is 5.61. The Bertz CT molecular complexity index is 201. The summed E-state index contributed by atoms with van der Waals surface area (Å²) < 4.78 is 0. The summed E-state index contributed by atoms with van der Waals surface area (Å²) in [5.74, 6) is 0. The van der Waals surface area contributed by atoms with Gasteiger partial charge in [-0.15, -0.1) is 11.6 Å². The second-order valence-electron chi connectivity index (χ2n) is 2.49. The molecular formula is C8H11ClN2. The zero-order valence-electron chi connectivity index (χ0n) is 6.50. The van der Waals surface area contributed by atoms with Crippen molar-refractivity contribution in [3.63, 3.8) is 0 Å². The van der Waals surface area contributed by atoms with Crippen molar-refractivity contribution in [3.8, 4) is 0 Å². The van der Waals surface area contributed by atoms with Gasteiger partial charge in [0.2, 0.25) is 0 Å². The number of alkyl halides is 1. The fourth-order valence-corrected chi connectivity index (χ4v) is 0.930. The molecule has 0 aliphatic carbocycles. The van der Waals surface area contributed by atoms with E-state index in [4.69, 9.17) is 11.6 Å². The van der Waals surface area contributed by atoms with Crippen LogP contribution in [0.3, 0.4) is 0 Å². The molecule has 0 unspecified atom stereocenters. The molecule has 0 radical (unpaired) electrons. The Hall–Kier alpha value is -0.600. The van der Waals surface area contributed by atoms with Crippen LogP contribution in [-0.4, -0.2) is 22.9 Å². The highest BCUT2D eigenvalue weighted by molar-refractivity contribution is 6.17. The van der Waals surface area contributed by atoms with Crippen molar-refractivity contribution in [1.82, 2.24) is 9.88 Å². The molecule has 0 aliphatic heterocycles. The zero-order valence-corrected chi connectivity index (χ0v) is 7.25. The molecule has 3 heteroatoms. The molecule has 0 aromatic carbocycles. The third-order valence-electron chi connectivity index (χ3n) is 1.38. The Morgan fingerprint density at radius 1 is 1.64 bits per heavy atom. The van der Waals surface area contributed by atoms with E-state index >= 15 is 0 Å². The van der Waals surface area contributed by atoms with E-state index in [2.05, 4.69) is 4.98 Å². The van der Waals surface area contributed by atoms with E-state index in [-0.39, 0.29) is 0 Å². The van der Waals surface area contributed by atoms with Crippen LogP contribution >= 0.6 is 11.6 Å². The van der Waals surface area contributed by atoms with Gasteiger partial charge in [-0.25, -0.2) is 0 Å². The predicted octanol–water partition coefficient (Wildman–Crippen LogP) is 1.71. The number of halogens is 1. The van der Waals surface area contributed by atoms with E-state index in [1.807, 2.05) is 30.3 Å². The monoisotopic (exact) mass is 170 g/mol. The average molecular weight is 171 g/mol. The quantitative estimate of drug-likeness (QED) is 0.507. The predicted molar refractivity (Wildman–Crippen MR) is 46.4 cm³/mol.